The number of nitrogens with one attached hydrogen (secondary N) is 1. The van der Waals surface area contributed by atoms with Crippen LogP contribution < -0.4 is 0 Å². The SMILES string of the molecule is CC(C)([C]=O)CCC[C]=N. The molecule has 56 valence electrons. The van der Waals surface area contributed by atoms with Gasteiger partial charge in [-0.1, -0.05) is 13.8 Å². The molecule has 0 amide bonds. The van der Waals surface area contributed by atoms with E-state index in [9.17, 15) is 4.79 Å². The summed E-state index contributed by atoms with van der Waals surface area (Å²) in [6, 6.07) is 0. The normalized spacial score (nSPS) is 11.0. The molecule has 0 aromatic carbocycles. The lowest BCUT2D eigenvalue weighted by Crippen LogP contribution is -2.12. The molecular formula is C8H13NO. The van der Waals surface area contributed by atoms with Crippen LogP contribution in [0.4, 0.5) is 0 Å². The van der Waals surface area contributed by atoms with Crippen LogP contribution in [0.2, 0.25) is 0 Å². The third kappa shape index (κ3) is 4.24. The Balaban J connectivity index is 3.46. The fourth-order valence-corrected chi connectivity index (χ4v) is 0.670. The van der Waals surface area contributed by atoms with Crippen LogP contribution >= 0.6 is 0 Å². The van der Waals surface area contributed by atoms with Gasteiger partial charge in [-0.3, -0.25) is 4.79 Å². The van der Waals surface area contributed by atoms with Gasteiger partial charge < -0.3 is 5.41 Å². The largest absolute Gasteiger partial charge is 0.303 e. The van der Waals surface area contributed by atoms with Crippen LogP contribution in [0.5, 0.6) is 0 Å². The smallest absolute Gasteiger partial charge is 0.204 e. The van der Waals surface area contributed by atoms with Crippen molar-refractivity contribution in [2.75, 3.05) is 0 Å². The molecule has 0 aliphatic heterocycles. The highest BCUT2D eigenvalue weighted by Gasteiger charge is 2.16. The van der Waals surface area contributed by atoms with Crippen molar-refractivity contribution >= 4 is 12.5 Å². The lowest BCUT2D eigenvalue weighted by molar-refractivity contribution is 0.417. The first-order valence-corrected chi connectivity index (χ1v) is 3.41. The van der Waals surface area contributed by atoms with E-state index < -0.39 is 0 Å². The van der Waals surface area contributed by atoms with Crippen molar-refractivity contribution in [2.45, 2.75) is 33.1 Å². The average Bonchev–Trinajstić information content (AvgIpc) is 1.89. The van der Waals surface area contributed by atoms with Crippen LogP contribution in [0, 0.1) is 10.8 Å². The van der Waals surface area contributed by atoms with Gasteiger partial charge in [0.05, 0.1) is 6.21 Å². The Morgan fingerprint density at radius 1 is 1.50 bits per heavy atom. The lowest BCUT2D eigenvalue weighted by Gasteiger charge is -2.13. The summed E-state index contributed by atoms with van der Waals surface area (Å²) in [7, 11) is 0. The van der Waals surface area contributed by atoms with Gasteiger partial charge in [0, 0.05) is 5.41 Å². The van der Waals surface area contributed by atoms with Crippen molar-refractivity contribution in [3.8, 4) is 0 Å². The Hall–Kier alpha value is -0.660. The second kappa shape index (κ2) is 4.20. The first-order valence-electron chi connectivity index (χ1n) is 3.41. The fraction of sp³-hybridized carbons (Fsp3) is 0.750. The number of rotatable bonds is 5. The summed E-state index contributed by atoms with van der Waals surface area (Å²) in [4.78, 5) is 10.2. The maximum Gasteiger partial charge on any atom is 0.204 e. The van der Waals surface area contributed by atoms with Gasteiger partial charge in [-0.2, -0.15) is 0 Å². The van der Waals surface area contributed by atoms with Crippen LogP contribution in [0.1, 0.15) is 33.1 Å². The molecule has 2 radical (unpaired) electrons. The van der Waals surface area contributed by atoms with Crippen molar-refractivity contribution < 1.29 is 4.79 Å². The van der Waals surface area contributed by atoms with Gasteiger partial charge in [-0.25, -0.2) is 0 Å². The molecule has 0 saturated heterocycles. The van der Waals surface area contributed by atoms with Gasteiger partial charge in [-0.15, -0.1) is 0 Å². The quantitative estimate of drug-likeness (QED) is 0.458. The summed E-state index contributed by atoms with van der Waals surface area (Å²) >= 11 is 0. The van der Waals surface area contributed by atoms with E-state index in [1.54, 1.807) is 0 Å². The molecule has 0 saturated carbocycles. The van der Waals surface area contributed by atoms with Crippen LogP contribution in [-0.2, 0) is 4.79 Å². The molecule has 0 heterocycles. The molecule has 0 atom stereocenters. The molecule has 0 aliphatic rings. The minimum Gasteiger partial charge on any atom is -0.303 e. The molecule has 0 spiro atoms. The molecule has 0 rings (SSSR count). The monoisotopic (exact) mass is 139 g/mol. The minimum atomic E-state index is -0.336. The molecule has 0 bridgehead atoms. The van der Waals surface area contributed by atoms with Crippen molar-refractivity contribution in [3.05, 3.63) is 0 Å². The first kappa shape index (κ1) is 9.34. The van der Waals surface area contributed by atoms with Gasteiger partial charge in [0.15, 0.2) is 0 Å². The van der Waals surface area contributed by atoms with E-state index in [-0.39, 0.29) is 5.41 Å². The molecule has 0 aliphatic carbocycles. The summed E-state index contributed by atoms with van der Waals surface area (Å²) in [6.45, 7) is 3.70. The molecule has 0 aromatic heterocycles. The van der Waals surface area contributed by atoms with E-state index in [4.69, 9.17) is 5.41 Å². The first-order chi connectivity index (χ1) is 4.62. The summed E-state index contributed by atoms with van der Waals surface area (Å²) < 4.78 is 0. The van der Waals surface area contributed by atoms with E-state index in [1.807, 2.05) is 20.1 Å². The van der Waals surface area contributed by atoms with E-state index in [0.717, 1.165) is 12.8 Å². The molecule has 0 aromatic rings. The third-order valence-corrected chi connectivity index (χ3v) is 1.38. The van der Waals surface area contributed by atoms with Crippen LogP contribution in [0.3, 0.4) is 0 Å². The Morgan fingerprint density at radius 3 is 2.50 bits per heavy atom. The van der Waals surface area contributed by atoms with Gasteiger partial charge in [0.1, 0.15) is 0 Å². The second-order valence-electron chi connectivity index (χ2n) is 3.02. The van der Waals surface area contributed by atoms with Crippen molar-refractivity contribution in [1.82, 2.24) is 0 Å². The summed E-state index contributed by atoms with van der Waals surface area (Å²) in [5, 5.41) is 6.62. The molecule has 0 unspecified atom stereocenters. The zero-order valence-electron chi connectivity index (χ0n) is 6.53. The zero-order chi connectivity index (χ0) is 8.04. The predicted octanol–water partition coefficient (Wildman–Crippen LogP) is 1.82. The van der Waals surface area contributed by atoms with Crippen molar-refractivity contribution in [1.29, 1.82) is 5.41 Å². The Bertz CT molecular complexity index is 118. The zero-order valence-corrected chi connectivity index (χ0v) is 6.53. The standard InChI is InChI=1S/C8H13NO/c1-8(2,7-10)5-3-4-6-9/h9H,3-5H2,1-2H3. The third-order valence-electron chi connectivity index (χ3n) is 1.38. The average molecular weight is 139 g/mol. The predicted molar refractivity (Wildman–Crippen MR) is 41.1 cm³/mol. The second-order valence-corrected chi connectivity index (χ2v) is 3.02. The minimum absolute atomic E-state index is 0.336. The van der Waals surface area contributed by atoms with E-state index in [0.29, 0.717) is 6.42 Å². The highest BCUT2D eigenvalue weighted by Crippen LogP contribution is 2.19. The topological polar surface area (TPSA) is 40.9 Å². The molecule has 2 nitrogen and oxygen atoms in total. The van der Waals surface area contributed by atoms with Crippen molar-refractivity contribution in [3.63, 3.8) is 0 Å². The lowest BCUT2D eigenvalue weighted by atomic mass is 9.89. The van der Waals surface area contributed by atoms with E-state index in [1.165, 1.54) is 0 Å². The fourth-order valence-electron chi connectivity index (χ4n) is 0.670. The van der Waals surface area contributed by atoms with Gasteiger partial charge >= 0.3 is 0 Å². The Labute approximate surface area is 62.1 Å². The Kier molecular flexibility index (Phi) is 3.93. The maximum atomic E-state index is 10.2. The van der Waals surface area contributed by atoms with E-state index in [2.05, 4.69) is 6.21 Å². The van der Waals surface area contributed by atoms with Gasteiger partial charge in [0.2, 0.25) is 6.29 Å². The van der Waals surface area contributed by atoms with E-state index >= 15 is 0 Å². The summed E-state index contributed by atoms with van der Waals surface area (Å²) in [5.74, 6) is 0. The van der Waals surface area contributed by atoms with Gasteiger partial charge in [0.25, 0.3) is 0 Å². The number of hydrogen-bond acceptors (Lipinski definition) is 2. The van der Waals surface area contributed by atoms with Crippen LogP contribution in [-0.4, -0.2) is 12.5 Å². The highest BCUT2D eigenvalue weighted by molar-refractivity contribution is 5.59. The van der Waals surface area contributed by atoms with Crippen molar-refractivity contribution in [2.24, 2.45) is 5.41 Å². The molecular weight excluding hydrogens is 126 g/mol. The highest BCUT2D eigenvalue weighted by atomic mass is 16.1. The summed E-state index contributed by atoms with van der Waals surface area (Å²) in [6.07, 6.45) is 6.54. The number of hydrogen-bond donors (Lipinski definition) is 1. The van der Waals surface area contributed by atoms with Gasteiger partial charge in [-0.05, 0) is 19.3 Å². The molecule has 10 heavy (non-hydrogen) atoms. The number of unbranched alkanes of at least 4 members (excludes halogenated alkanes) is 1. The van der Waals surface area contributed by atoms with Crippen LogP contribution in [0.15, 0.2) is 0 Å². The molecule has 2 heteroatoms. The molecule has 1 N–H and O–H groups in total. The maximum absolute atomic E-state index is 10.2. The van der Waals surface area contributed by atoms with Crippen LogP contribution in [0.25, 0.3) is 0 Å². The molecule has 0 fully saturated rings. The number of carbonyl (C=O) groups excluding carboxylic acids is 1. The Morgan fingerprint density at radius 2 is 2.10 bits per heavy atom. The summed E-state index contributed by atoms with van der Waals surface area (Å²) in [5.41, 5.74) is -0.336.